The first-order valence-electron chi connectivity index (χ1n) is 11.4. The molecular weight excluding hydrogens is 498 g/mol. The summed E-state index contributed by atoms with van der Waals surface area (Å²) in [5.74, 6) is -0.355. The quantitative estimate of drug-likeness (QED) is 0.250. The molecule has 0 bridgehead atoms. The molecule has 0 saturated carbocycles. The third kappa shape index (κ3) is 7.58. The molecule has 1 aromatic rings. The minimum Gasteiger partial charge on any atom is -0.340 e. The van der Waals surface area contributed by atoms with E-state index in [1.807, 2.05) is 24.0 Å². The number of rotatable bonds is 7. The van der Waals surface area contributed by atoms with Crippen LogP contribution in [-0.4, -0.2) is 74.5 Å². The Kier molecular flexibility index (Phi) is 9.20. The number of benzene rings is 1. The third-order valence-corrected chi connectivity index (χ3v) is 7.88. The van der Waals surface area contributed by atoms with Crippen LogP contribution < -0.4 is 5.32 Å². The summed E-state index contributed by atoms with van der Waals surface area (Å²) in [6.07, 6.45) is 3.99. The van der Waals surface area contributed by atoms with Crippen LogP contribution in [0.1, 0.15) is 13.3 Å². The molecule has 1 heterocycles. The maximum absolute atomic E-state index is 13.2. The van der Waals surface area contributed by atoms with Gasteiger partial charge in [-0.05, 0) is 43.3 Å². The summed E-state index contributed by atoms with van der Waals surface area (Å²) in [4.78, 5) is 9.13. The van der Waals surface area contributed by atoms with Gasteiger partial charge in [-0.3, -0.25) is 14.9 Å². The van der Waals surface area contributed by atoms with Crippen LogP contribution in [0.4, 0.5) is 23.2 Å². The minimum absolute atomic E-state index is 0.0247. The highest BCUT2D eigenvalue weighted by molar-refractivity contribution is 7.90. The molecule has 3 rings (SSSR count). The van der Waals surface area contributed by atoms with Gasteiger partial charge in [-0.1, -0.05) is 31.2 Å². The number of allylic oxidation sites excluding steroid dienone is 3. The zero-order valence-corrected chi connectivity index (χ0v) is 20.6. The second kappa shape index (κ2) is 11.9. The van der Waals surface area contributed by atoms with E-state index in [9.17, 15) is 26.0 Å². The van der Waals surface area contributed by atoms with E-state index < -0.39 is 33.0 Å². The average Bonchev–Trinajstić information content (AvgIpc) is 3.06. The highest BCUT2D eigenvalue weighted by atomic mass is 32.2. The second-order valence-electron chi connectivity index (χ2n) is 8.55. The minimum atomic E-state index is -4.73. The molecule has 36 heavy (non-hydrogen) atoms. The van der Waals surface area contributed by atoms with Crippen molar-refractivity contribution in [2.24, 2.45) is 15.9 Å². The molecule has 2 unspecified atom stereocenters. The van der Waals surface area contributed by atoms with Crippen molar-refractivity contribution in [1.29, 1.82) is 0 Å². The standard InChI is InChI=1S/C24H29F4N5O2S/c1-18-4-3-5-21(11-6-18)36(34,35)33-14-12-32(13-15-33)17-30-23(16-22(29-2)24(26,27)28)31-20-9-7-19(25)8-10-20/h3,5-11,16,18,21H,2,4,12-15,17H2,1H3,(H,30,31)/b22-16-. The van der Waals surface area contributed by atoms with E-state index in [2.05, 4.69) is 22.0 Å². The van der Waals surface area contributed by atoms with Crippen molar-refractivity contribution >= 4 is 28.3 Å². The van der Waals surface area contributed by atoms with Crippen molar-refractivity contribution in [3.63, 3.8) is 0 Å². The van der Waals surface area contributed by atoms with Gasteiger partial charge in [0.1, 0.15) is 22.6 Å². The van der Waals surface area contributed by atoms with E-state index in [-0.39, 0.29) is 31.5 Å². The Bertz CT molecular complexity index is 1140. The molecule has 0 aromatic heterocycles. The number of aliphatic imine (C=N–C) groups is 2. The second-order valence-corrected chi connectivity index (χ2v) is 10.6. The smallest absolute Gasteiger partial charge is 0.340 e. The topological polar surface area (TPSA) is 77.4 Å². The summed E-state index contributed by atoms with van der Waals surface area (Å²) in [7, 11) is -3.57. The van der Waals surface area contributed by atoms with E-state index in [0.29, 0.717) is 18.8 Å². The molecule has 1 saturated heterocycles. The van der Waals surface area contributed by atoms with Crippen LogP contribution in [0.5, 0.6) is 0 Å². The summed E-state index contributed by atoms with van der Waals surface area (Å²) >= 11 is 0. The number of anilines is 1. The van der Waals surface area contributed by atoms with Crippen molar-refractivity contribution in [3.05, 3.63) is 66.2 Å². The van der Waals surface area contributed by atoms with Crippen LogP contribution in [0.3, 0.4) is 0 Å². The first kappa shape index (κ1) is 27.8. The molecular formula is C24H29F4N5O2S. The van der Waals surface area contributed by atoms with Gasteiger partial charge in [-0.15, -0.1) is 0 Å². The maximum atomic E-state index is 13.2. The number of hydrogen-bond acceptors (Lipinski definition) is 5. The van der Waals surface area contributed by atoms with E-state index in [1.165, 1.54) is 28.6 Å². The number of hydrogen-bond donors (Lipinski definition) is 1. The largest absolute Gasteiger partial charge is 0.433 e. The number of amidine groups is 1. The Labute approximate surface area is 208 Å². The van der Waals surface area contributed by atoms with E-state index in [4.69, 9.17) is 0 Å². The summed E-state index contributed by atoms with van der Waals surface area (Å²) in [6, 6.07) is 5.07. The highest BCUT2D eigenvalue weighted by Gasteiger charge is 2.34. The summed E-state index contributed by atoms with van der Waals surface area (Å²) in [6.45, 7) is 6.22. The van der Waals surface area contributed by atoms with Gasteiger partial charge >= 0.3 is 6.18 Å². The van der Waals surface area contributed by atoms with Crippen molar-refractivity contribution < 1.29 is 26.0 Å². The van der Waals surface area contributed by atoms with Crippen LogP contribution >= 0.6 is 0 Å². The highest BCUT2D eigenvalue weighted by Crippen LogP contribution is 2.26. The molecule has 1 aromatic carbocycles. The molecule has 1 N–H and O–H groups in total. The van der Waals surface area contributed by atoms with E-state index >= 15 is 0 Å². The average molecular weight is 528 g/mol. The van der Waals surface area contributed by atoms with Crippen LogP contribution in [-0.2, 0) is 10.0 Å². The molecule has 1 aliphatic heterocycles. The van der Waals surface area contributed by atoms with Crippen LogP contribution in [0.25, 0.3) is 0 Å². The molecule has 1 aliphatic carbocycles. The van der Waals surface area contributed by atoms with Gasteiger partial charge in [0.15, 0.2) is 0 Å². The van der Waals surface area contributed by atoms with E-state index in [0.717, 1.165) is 12.5 Å². The van der Waals surface area contributed by atoms with Crippen molar-refractivity contribution in [2.75, 3.05) is 38.2 Å². The van der Waals surface area contributed by atoms with Gasteiger partial charge in [0.2, 0.25) is 10.0 Å². The molecule has 196 valence electrons. The van der Waals surface area contributed by atoms with Gasteiger partial charge in [-0.25, -0.2) is 12.8 Å². The van der Waals surface area contributed by atoms with Crippen LogP contribution in [0.15, 0.2) is 70.3 Å². The van der Waals surface area contributed by atoms with Gasteiger partial charge in [0, 0.05) is 37.9 Å². The number of nitrogens with one attached hydrogen (secondary N) is 1. The molecule has 1 fully saturated rings. The molecule has 2 atom stereocenters. The van der Waals surface area contributed by atoms with Gasteiger partial charge in [0.05, 0.1) is 6.67 Å². The number of sulfonamides is 1. The molecule has 0 amide bonds. The summed E-state index contributed by atoms with van der Waals surface area (Å²) in [5.41, 5.74) is -0.891. The number of nitrogens with zero attached hydrogens (tertiary/aromatic N) is 4. The van der Waals surface area contributed by atoms with E-state index in [1.54, 1.807) is 12.2 Å². The Morgan fingerprint density at radius 2 is 1.81 bits per heavy atom. The van der Waals surface area contributed by atoms with Crippen molar-refractivity contribution in [1.82, 2.24) is 9.21 Å². The predicted octanol–water partition coefficient (Wildman–Crippen LogP) is 4.21. The van der Waals surface area contributed by atoms with Crippen molar-refractivity contribution in [2.45, 2.75) is 24.8 Å². The molecule has 12 heteroatoms. The molecule has 2 aliphatic rings. The van der Waals surface area contributed by atoms with Crippen molar-refractivity contribution in [3.8, 4) is 0 Å². The van der Waals surface area contributed by atoms with Gasteiger partial charge in [-0.2, -0.15) is 17.5 Å². The Morgan fingerprint density at radius 3 is 2.42 bits per heavy atom. The SMILES string of the molecule is C=N/C(=C\C(=NCN1CCN(S(=O)(=O)C2C=CCC(C)C=C2)CC1)Nc1ccc(F)cc1)C(F)(F)F. The fraction of sp³-hybridized carbons (Fsp3) is 0.417. The fourth-order valence-electron chi connectivity index (χ4n) is 3.69. The number of halogens is 4. The maximum Gasteiger partial charge on any atom is 0.433 e. The predicted molar refractivity (Wildman–Crippen MR) is 134 cm³/mol. The van der Waals surface area contributed by atoms with Gasteiger partial charge < -0.3 is 5.32 Å². The first-order chi connectivity index (χ1) is 17.0. The zero-order valence-electron chi connectivity index (χ0n) is 19.8. The molecule has 7 nitrogen and oxygen atoms in total. The Hall–Kier alpha value is -2.83. The van der Waals surface area contributed by atoms with Crippen LogP contribution in [0.2, 0.25) is 0 Å². The normalized spacial score (nSPS) is 22.9. The summed E-state index contributed by atoms with van der Waals surface area (Å²) in [5, 5.41) is 2.03. The first-order valence-corrected chi connectivity index (χ1v) is 12.9. The lowest BCUT2D eigenvalue weighted by Gasteiger charge is -2.34. The lowest BCUT2D eigenvalue weighted by Crippen LogP contribution is -2.50. The van der Waals surface area contributed by atoms with Crippen LogP contribution in [0, 0.1) is 11.7 Å². The zero-order chi connectivity index (χ0) is 26.3. The summed E-state index contributed by atoms with van der Waals surface area (Å²) < 4.78 is 80.4. The lowest BCUT2D eigenvalue weighted by molar-refractivity contribution is -0.0921. The third-order valence-electron chi connectivity index (χ3n) is 5.79. The number of piperazine rings is 1. The van der Waals surface area contributed by atoms with Gasteiger partial charge in [0.25, 0.3) is 0 Å². The Morgan fingerprint density at radius 1 is 1.14 bits per heavy atom. The number of alkyl halides is 3. The Balaban J connectivity index is 1.70. The fourth-order valence-corrected chi connectivity index (χ4v) is 5.31. The lowest BCUT2D eigenvalue weighted by atomic mass is 10.1. The molecule has 0 radical (unpaired) electrons. The molecule has 0 spiro atoms. The monoisotopic (exact) mass is 527 g/mol.